The van der Waals surface area contributed by atoms with Gasteiger partial charge in [0, 0.05) is 12.6 Å². The summed E-state index contributed by atoms with van der Waals surface area (Å²) in [6, 6.07) is 12.6. The molecule has 1 saturated heterocycles. The van der Waals surface area contributed by atoms with Crippen molar-refractivity contribution in [1.29, 1.82) is 0 Å². The van der Waals surface area contributed by atoms with Crippen LogP contribution in [0.25, 0.3) is 11.8 Å². The Kier molecular flexibility index (Phi) is 5.03. The van der Waals surface area contributed by atoms with Crippen LogP contribution in [0.4, 0.5) is 4.39 Å². The van der Waals surface area contributed by atoms with Gasteiger partial charge in [0.1, 0.15) is 17.6 Å². The van der Waals surface area contributed by atoms with E-state index in [-0.39, 0.29) is 11.9 Å². The lowest BCUT2D eigenvalue weighted by atomic mass is 10.0. The average molecular weight is 418 g/mol. The van der Waals surface area contributed by atoms with Gasteiger partial charge in [-0.15, -0.1) is 0 Å². The number of nitrogens with zero attached hydrogens (tertiary/aromatic N) is 4. The summed E-state index contributed by atoms with van der Waals surface area (Å²) < 4.78 is 20.9. The quantitative estimate of drug-likeness (QED) is 0.626. The number of aliphatic imine (C=N–C) groups is 1. The van der Waals surface area contributed by atoms with E-state index >= 15 is 0 Å². The number of imidazole rings is 1. The van der Waals surface area contributed by atoms with Crippen molar-refractivity contribution < 1.29 is 14.0 Å². The molecule has 6 nitrogen and oxygen atoms in total. The summed E-state index contributed by atoms with van der Waals surface area (Å²) in [5, 5.41) is 1.86. The number of aryl methyl sites for hydroxylation is 1. The van der Waals surface area contributed by atoms with Gasteiger partial charge < -0.3 is 9.30 Å². The summed E-state index contributed by atoms with van der Waals surface area (Å²) >= 11 is 0. The van der Waals surface area contributed by atoms with Gasteiger partial charge in [-0.2, -0.15) is 0 Å². The number of amidine groups is 1. The molecule has 31 heavy (non-hydrogen) atoms. The summed E-state index contributed by atoms with van der Waals surface area (Å²) in [6.07, 6.45) is 6.66. The van der Waals surface area contributed by atoms with Crippen LogP contribution in [-0.4, -0.2) is 40.7 Å². The first-order valence-electron chi connectivity index (χ1n) is 10.2. The van der Waals surface area contributed by atoms with E-state index in [1.165, 1.54) is 12.1 Å². The topological polar surface area (TPSA) is 51.9 Å². The molecule has 2 aliphatic rings. The number of ether oxygens (including phenoxy) is 1. The van der Waals surface area contributed by atoms with Crippen LogP contribution in [0, 0.1) is 12.7 Å². The molecule has 5 rings (SSSR count). The Morgan fingerprint density at radius 3 is 2.77 bits per heavy atom. The van der Waals surface area contributed by atoms with Crippen molar-refractivity contribution in [2.45, 2.75) is 19.4 Å². The van der Waals surface area contributed by atoms with Gasteiger partial charge in [-0.3, -0.25) is 9.83 Å². The Morgan fingerprint density at radius 2 is 2.03 bits per heavy atom. The number of fused-ring (bicyclic) bond motifs is 1. The monoisotopic (exact) mass is 418 g/mol. The zero-order chi connectivity index (χ0) is 21.4. The minimum atomic E-state index is -0.244. The molecular weight excluding hydrogens is 395 g/mol. The van der Waals surface area contributed by atoms with E-state index in [0.717, 1.165) is 46.1 Å². The molecule has 158 valence electrons. The molecule has 0 aliphatic carbocycles. The molecule has 3 heterocycles. The van der Waals surface area contributed by atoms with Crippen molar-refractivity contribution in [1.82, 2.24) is 14.6 Å². The Morgan fingerprint density at radius 1 is 1.19 bits per heavy atom. The summed E-state index contributed by atoms with van der Waals surface area (Å²) in [6.45, 7) is 3.12. The second kappa shape index (κ2) is 8.00. The maximum absolute atomic E-state index is 13.3. The van der Waals surface area contributed by atoms with Gasteiger partial charge in [0.2, 0.25) is 0 Å². The number of hydroxylamine groups is 2. The molecule has 1 aromatic heterocycles. The SMILES string of the molecule is COc1cc(C=C2CCON3C2=NCC3c2ccc(F)cc2)ccc1-n1cnc(C)c1. The van der Waals surface area contributed by atoms with E-state index in [1.807, 2.05) is 34.9 Å². The van der Waals surface area contributed by atoms with Crippen molar-refractivity contribution in [3.8, 4) is 11.4 Å². The molecule has 0 radical (unpaired) electrons. The van der Waals surface area contributed by atoms with Crippen molar-refractivity contribution in [2.24, 2.45) is 4.99 Å². The number of rotatable bonds is 4. The Balaban J connectivity index is 1.42. The number of halogens is 1. The fraction of sp³-hybridized carbons (Fsp3) is 0.250. The van der Waals surface area contributed by atoms with Gasteiger partial charge in [-0.1, -0.05) is 18.2 Å². The molecule has 0 bridgehead atoms. The van der Waals surface area contributed by atoms with E-state index in [2.05, 4.69) is 17.1 Å². The normalized spacial score (nSPS) is 19.5. The third-order valence-electron chi connectivity index (χ3n) is 5.58. The van der Waals surface area contributed by atoms with Crippen molar-refractivity contribution in [2.75, 3.05) is 20.3 Å². The minimum Gasteiger partial charge on any atom is -0.495 e. The van der Waals surface area contributed by atoms with E-state index < -0.39 is 0 Å². The first-order valence-corrected chi connectivity index (χ1v) is 10.2. The number of aromatic nitrogens is 2. The van der Waals surface area contributed by atoms with Gasteiger partial charge >= 0.3 is 0 Å². The van der Waals surface area contributed by atoms with Gasteiger partial charge in [0.15, 0.2) is 5.84 Å². The fourth-order valence-electron chi connectivity index (χ4n) is 4.04. The molecule has 3 aromatic rings. The van der Waals surface area contributed by atoms with E-state index in [0.29, 0.717) is 13.2 Å². The van der Waals surface area contributed by atoms with Crippen molar-refractivity contribution >= 4 is 11.9 Å². The van der Waals surface area contributed by atoms with E-state index in [9.17, 15) is 4.39 Å². The fourth-order valence-corrected chi connectivity index (χ4v) is 4.04. The van der Waals surface area contributed by atoms with E-state index in [1.54, 1.807) is 25.6 Å². The third-order valence-corrected chi connectivity index (χ3v) is 5.58. The highest BCUT2D eigenvalue weighted by Crippen LogP contribution is 2.34. The van der Waals surface area contributed by atoms with Crippen molar-refractivity contribution in [3.05, 3.63) is 83.2 Å². The predicted molar refractivity (Wildman–Crippen MR) is 117 cm³/mol. The smallest absolute Gasteiger partial charge is 0.152 e. The van der Waals surface area contributed by atoms with Crippen LogP contribution < -0.4 is 4.74 Å². The first-order chi connectivity index (χ1) is 15.1. The highest BCUT2D eigenvalue weighted by atomic mass is 19.1. The van der Waals surface area contributed by atoms with Crippen LogP contribution in [0.2, 0.25) is 0 Å². The van der Waals surface area contributed by atoms with Gasteiger partial charge in [0.05, 0.1) is 38.0 Å². The predicted octanol–water partition coefficient (Wildman–Crippen LogP) is 4.50. The molecule has 2 aromatic carbocycles. The highest BCUT2D eigenvalue weighted by Gasteiger charge is 2.34. The number of benzene rings is 2. The lowest BCUT2D eigenvalue weighted by molar-refractivity contribution is -0.126. The summed E-state index contributed by atoms with van der Waals surface area (Å²) in [5.41, 5.74) is 5.02. The Hall–Kier alpha value is -3.45. The molecule has 0 spiro atoms. The van der Waals surface area contributed by atoms with Gasteiger partial charge in [-0.05, 0) is 54.0 Å². The molecule has 1 unspecified atom stereocenters. The zero-order valence-corrected chi connectivity index (χ0v) is 17.5. The maximum Gasteiger partial charge on any atom is 0.152 e. The minimum absolute atomic E-state index is 0.0410. The molecular formula is C24H23FN4O2. The number of methoxy groups -OCH3 is 1. The molecule has 0 N–H and O–H groups in total. The van der Waals surface area contributed by atoms with Crippen LogP contribution in [0.3, 0.4) is 0 Å². The van der Waals surface area contributed by atoms with Crippen LogP contribution in [0.5, 0.6) is 5.75 Å². The highest BCUT2D eigenvalue weighted by molar-refractivity contribution is 6.03. The van der Waals surface area contributed by atoms with Gasteiger partial charge in [-0.25, -0.2) is 14.4 Å². The second-order valence-corrected chi connectivity index (χ2v) is 7.66. The van der Waals surface area contributed by atoms with Crippen LogP contribution >= 0.6 is 0 Å². The largest absolute Gasteiger partial charge is 0.495 e. The first kappa shape index (κ1) is 19.5. The summed E-state index contributed by atoms with van der Waals surface area (Å²) in [5.74, 6) is 1.37. The maximum atomic E-state index is 13.3. The molecule has 2 aliphatic heterocycles. The third kappa shape index (κ3) is 3.72. The summed E-state index contributed by atoms with van der Waals surface area (Å²) in [4.78, 5) is 15.0. The average Bonchev–Trinajstić information content (AvgIpc) is 3.41. The number of hydrogen-bond donors (Lipinski definition) is 0. The second-order valence-electron chi connectivity index (χ2n) is 7.66. The molecule has 1 fully saturated rings. The lowest BCUT2D eigenvalue weighted by Gasteiger charge is -2.32. The molecule has 1 atom stereocenters. The van der Waals surface area contributed by atoms with Crippen LogP contribution in [-0.2, 0) is 4.84 Å². The molecule has 0 amide bonds. The molecule has 7 heteroatoms. The van der Waals surface area contributed by atoms with Crippen LogP contribution in [0.1, 0.15) is 29.3 Å². The van der Waals surface area contributed by atoms with E-state index in [4.69, 9.17) is 14.6 Å². The summed E-state index contributed by atoms with van der Waals surface area (Å²) in [7, 11) is 1.67. The zero-order valence-electron chi connectivity index (χ0n) is 17.5. The standard InChI is InChI=1S/C24H23FN4O2/c1-16-14-28(15-27-16)21-8-3-17(12-23(21)30-2)11-19-9-10-31-29-22(13-26-24(19)29)18-4-6-20(25)7-5-18/h3-8,11-12,14-15,22H,9-10,13H2,1-2H3. The Bertz CT molecular complexity index is 1170. The van der Waals surface area contributed by atoms with Crippen LogP contribution in [0.15, 0.2) is 65.6 Å². The molecule has 0 saturated carbocycles. The van der Waals surface area contributed by atoms with Gasteiger partial charge in [0.25, 0.3) is 0 Å². The number of hydrogen-bond acceptors (Lipinski definition) is 5. The lowest BCUT2D eigenvalue weighted by Crippen LogP contribution is -2.36. The Labute approximate surface area is 180 Å². The van der Waals surface area contributed by atoms with Crippen molar-refractivity contribution in [3.63, 3.8) is 0 Å².